The highest BCUT2D eigenvalue weighted by molar-refractivity contribution is 5.97. The van der Waals surface area contributed by atoms with E-state index in [1.807, 2.05) is 36.4 Å². The summed E-state index contributed by atoms with van der Waals surface area (Å²) < 4.78 is 5.43. The summed E-state index contributed by atoms with van der Waals surface area (Å²) in [5, 5.41) is 0. The molecule has 2 heterocycles. The molecule has 0 N–H and O–H groups in total. The number of pyridine rings is 1. The molecule has 0 fully saturated rings. The number of Topliss-reactive ketones (excluding diaryl/α,β-unsaturated/α-hetero) is 1. The molecule has 90 valence electrons. The predicted octanol–water partition coefficient (Wildman–Crippen LogP) is 2.44. The van der Waals surface area contributed by atoms with E-state index in [1.165, 1.54) is 0 Å². The molecule has 1 aliphatic rings. The van der Waals surface area contributed by atoms with Crippen LogP contribution in [0.5, 0.6) is 5.75 Å². The number of benzene rings is 1. The van der Waals surface area contributed by atoms with Crippen LogP contribution in [0.4, 0.5) is 0 Å². The Morgan fingerprint density at radius 2 is 2.22 bits per heavy atom. The summed E-state index contributed by atoms with van der Waals surface area (Å²) in [4.78, 5) is 16.3. The van der Waals surface area contributed by atoms with Crippen molar-refractivity contribution < 1.29 is 9.53 Å². The number of hydrogen-bond acceptors (Lipinski definition) is 3. The molecule has 0 saturated carbocycles. The van der Waals surface area contributed by atoms with Crippen molar-refractivity contribution in [1.29, 1.82) is 0 Å². The standard InChI is InChI=1S/C15H13NO2/c17-14(10-13-3-1-2-7-16-13)11-4-5-15-12(9-11)6-8-18-15/h1-5,7,9H,6,8,10H2. The molecule has 0 spiro atoms. The Morgan fingerprint density at radius 1 is 1.28 bits per heavy atom. The zero-order valence-corrected chi connectivity index (χ0v) is 9.93. The quantitative estimate of drug-likeness (QED) is 0.772. The van der Waals surface area contributed by atoms with Gasteiger partial charge in [0.2, 0.25) is 0 Å². The average molecular weight is 239 g/mol. The van der Waals surface area contributed by atoms with Crippen molar-refractivity contribution in [2.75, 3.05) is 6.61 Å². The monoisotopic (exact) mass is 239 g/mol. The van der Waals surface area contributed by atoms with Gasteiger partial charge in [-0.25, -0.2) is 0 Å². The molecule has 3 rings (SSSR count). The van der Waals surface area contributed by atoms with Gasteiger partial charge in [-0.05, 0) is 35.9 Å². The first-order valence-corrected chi connectivity index (χ1v) is 6.02. The van der Waals surface area contributed by atoms with Gasteiger partial charge in [0.25, 0.3) is 0 Å². The van der Waals surface area contributed by atoms with Crippen molar-refractivity contribution in [3.05, 3.63) is 59.4 Å². The van der Waals surface area contributed by atoms with Gasteiger partial charge in [-0.3, -0.25) is 9.78 Å². The van der Waals surface area contributed by atoms with E-state index in [0.717, 1.165) is 29.0 Å². The first kappa shape index (κ1) is 11.0. The van der Waals surface area contributed by atoms with Gasteiger partial charge in [0, 0.05) is 23.9 Å². The molecule has 18 heavy (non-hydrogen) atoms. The second kappa shape index (κ2) is 4.61. The zero-order chi connectivity index (χ0) is 12.4. The lowest BCUT2D eigenvalue weighted by Crippen LogP contribution is -2.05. The van der Waals surface area contributed by atoms with E-state index in [1.54, 1.807) is 6.20 Å². The topological polar surface area (TPSA) is 39.2 Å². The molecule has 0 unspecified atom stereocenters. The summed E-state index contributed by atoms with van der Waals surface area (Å²) in [6.07, 6.45) is 2.94. The van der Waals surface area contributed by atoms with Gasteiger partial charge in [-0.1, -0.05) is 6.07 Å². The van der Waals surface area contributed by atoms with E-state index in [9.17, 15) is 4.79 Å². The maximum atomic E-state index is 12.1. The number of nitrogens with zero attached hydrogens (tertiary/aromatic N) is 1. The third-order valence-corrected chi connectivity index (χ3v) is 3.08. The lowest BCUT2D eigenvalue weighted by molar-refractivity contribution is 0.0992. The second-order valence-corrected chi connectivity index (χ2v) is 4.34. The Kier molecular flexibility index (Phi) is 2.81. The Morgan fingerprint density at radius 3 is 3.06 bits per heavy atom. The van der Waals surface area contributed by atoms with E-state index in [-0.39, 0.29) is 5.78 Å². The number of rotatable bonds is 3. The maximum Gasteiger partial charge on any atom is 0.168 e. The summed E-state index contributed by atoms with van der Waals surface area (Å²) in [6.45, 7) is 0.715. The molecule has 2 aromatic rings. The summed E-state index contributed by atoms with van der Waals surface area (Å²) in [7, 11) is 0. The highest BCUT2D eigenvalue weighted by atomic mass is 16.5. The van der Waals surface area contributed by atoms with Gasteiger partial charge in [0.05, 0.1) is 13.0 Å². The number of hydrogen-bond donors (Lipinski definition) is 0. The van der Waals surface area contributed by atoms with E-state index >= 15 is 0 Å². The first-order chi connectivity index (χ1) is 8.83. The van der Waals surface area contributed by atoms with Crippen LogP contribution < -0.4 is 4.74 Å². The highest BCUT2D eigenvalue weighted by Gasteiger charge is 2.15. The molecule has 0 radical (unpaired) electrons. The van der Waals surface area contributed by atoms with Gasteiger partial charge in [0.15, 0.2) is 5.78 Å². The van der Waals surface area contributed by atoms with Gasteiger partial charge in [-0.2, -0.15) is 0 Å². The van der Waals surface area contributed by atoms with Crippen LogP contribution in [0.15, 0.2) is 42.6 Å². The molecular weight excluding hydrogens is 226 g/mol. The van der Waals surface area contributed by atoms with Crippen molar-refractivity contribution in [2.24, 2.45) is 0 Å². The number of ether oxygens (including phenoxy) is 1. The van der Waals surface area contributed by atoms with Crippen molar-refractivity contribution in [3.8, 4) is 5.75 Å². The fraction of sp³-hybridized carbons (Fsp3) is 0.200. The van der Waals surface area contributed by atoms with Crippen LogP contribution in [-0.2, 0) is 12.8 Å². The Bertz CT molecular complexity index is 578. The number of carbonyl (C=O) groups is 1. The minimum Gasteiger partial charge on any atom is -0.493 e. The molecule has 1 aromatic carbocycles. The predicted molar refractivity (Wildman–Crippen MR) is 67.9 cm³/mol. The van der Waals surface area contributed by atoms with Crippen molar-refractivity contribution >= 4 is 5.78 Å². The Hall–Kier alpha value is -2.16. The van der Waals surface area contributed by atoms with E-state index in [2.05, 4.69) is 4.98 Å². The average Bonchev–Trinajstić information content (AvgIpc) is 2.87. The van der Waals surface area contributed by atoms with Gasteiger partial charge in [-0.15, -0.1) is 0 Å². The van der Waals surface area contributed by atoms with Gasteiger partial charge >= 0.3 is 0 Å². The van der Waals surface area contributed by atoms with Gasteiger partial charge < -0.3 is 4.74 Å². The van der Waals surface area contributed by atoms with Crippen LogP contribution in [0.3, 0.4) is 0 Å². The summed E-state index contributed by atoms with van der Waals surface area (Å²) >= 11 is 0. The van der Waals surface area contributed by atoms with Crippen LogP contribution in [0.2, 0.25) is 0 Å². The van der Waals surface area contributed by atoms with Crippen LogP contribution in [0, 0.1) is 0 Å². The largest absolute Gasteiger partial charge is 0.493 e. The molecule has 0 saturated heterocycles. The number of fused-ring (bicyclic) bond motifs is 1. The Balaban J connectivity index is 1.81. The number of carbonyl (C=O) groups excluding carboxylic acids is 1. The van der Waals surface area contributed by atoms with Crippen LogP contribution >= 0.6 is 0 Å². The van der Waals surface area contributed by atoms with E-state index in [0.29, 0.717) is 13.0 Å². The lowest BCUT2D eigenvalue weighted by atomic mass is 10.0. The summed E-state index contributed by atoms with van der Waals surface area (Å²) in [6, 6.07) is 11.3. The molecule has 3 nitrogen and oxygen atoms in total. The molecule has 1 aromatic heterocycles. The molecule has 0 aliphatic carbocycles. The smallest absolute Gasteiger partial charge is 0.168 e. The Labute approximate surface area is 105 Å². The third kappa shape index (κ3) is 2.12. The zero-order valence-electron chi connectivity index (χ0n) is 9.93. The molecule has 3 heteroatoms. The molecular formula is C15H13NO2. The normalized spacial score (nSPS) is 12.9. The fourth-order valence-corrected chi connectivity index (χ4v) is 2.13. The van der Waals surface area contributed by atoms with E-state index < -0.39 is 0 Å². The third-order valence-electron chi connectivity index (χ3n) is 3.08. The minimum absolute atomic E-state index is 0.100. The molecule has 0 bridgehead atoms. The highest BCUT2D eigenvalue weighted by Crippen LogP contribution is 2.26. The van der Waals surface area contributed by atoms with E-state index in [4.69, 9.17) is 4.74 Å². The van der Waals surface area contributed by atoms with Crippen molar-refractivity contribution in [1.82, 2.24) is 4.98 Å². The maximum absolute atomic E-state index is 12.1. The summed E-state index contributed by atoms with van der Waals surface area (Å²) in [5.74, 6) is 1.01. The SMILES string of the molecule is O=C(Cc1ccccn1)c1ccc2c(c1)CCO2. The fourth-order valence-electron chi connectivity index (χ4n) is 2.13. The molecule has 0 amide bonds. The van der Waals surface area contributed by atoms with Crippen molar-refractivity contribution in [3.63, 3.8) is 0 Å². The van der Waals surface area contributed by atoms with Crippen molar-refractivity contribution in [2.45, 2.75) is 12.8 Å². The summed E-state index contributed by atoms with van der Waals surface area (Å²) in [5.41, 5.74) is 2.67. The van der Waals surface area contributed by atoms with Crippen LogP contribution in [-0.4, -0.2) is 17.4 Å². The second-order valence-electron chi connectivity index (χ2n) is 4.34. The molecule has 1 aliphatic heterocycles. The first-order valence-electron chi connectivity index (χ1n) is 6.02. The number of ketones is 1. The molecule has 0 atom stereocenters. The van der Waals surface area contributed by atoms with Gasteiger partial charge in [0.1, 0.15) is 5.75 Å². The van der Waals surface area contributed by atoms with Crippen LogP contribution in [0.25, 0.3) is 0 Å². The minimum atomic E-state index is 0.100. The number of aromatic nitrogens is 1. The van der Waals surface area contributed by atoms with Crippen LogP contribution in [0.1, 0.15) is 21.6 Å². The lowest BCUT2D eigenvalue weighted by Gasteiger charge is -2.03.